The second-order valence-electron chi connectivity index (χ2n) is 5.97. The van der Waals surface area contributed by atoms with Crippen molar-refractivity contribution in [2.75, 3.05) is 0 Å². The van der Waals surface area contributed by atoms with Gasteiger partial charge < -0.3 is 4.74 Å². The number of amides is 1. The van der Waals surface area contributed by atoms with E-state index in [-0.39, 0.29) is 16.3 Å². The lowest BCUT2D eigenvalue weighted by molar-refractivity contribution is -0.384. The second kappa shape index (κ2) is 9.48. The summed E-state index contributed by atoms with van der Waals surface area (Å²) in [6.07, 6.45) is 1.46. The molecule has 0 atom stereocenters. The summed E-state index contributed by atoms with van der Waals surface area (Å²) in [4.78, 5) is 22.4. The minimum Gasteiger partial charge on any atom is -0.489 e. The van der Waals surface area contributed by atoms with Crippen LogP contribution >= 0.6 is 11.6 Å². The number of hydrazone groups is 1. The fraction of sp³-hybridized carbons (Fsp3) is 0.0476. The average Bonchev–Trinajstić information content (AvgIpc) is 2.73. The monoisotopic (exact) mass is 409 g/mol. The maximum Gasteiger partial charge on any atom is 0.288 e. The molecule has 0 aliphatic carbocycles. The van der Waals surface area contributed by atoms with Gasteiger partial charge in [-0.15, -0.1) is 0 Å². The molecule has 0 heterocycles. The van der Waals surface area contributed by atoms with Gasteiger partial charge in [-0.05, 0) is 35.4 Å². The summed E-state index contributed by atoms with van der Waals surface area (Å²) in [6, 6.07) is 20.8. The third kappa shape index (κ3) is 5.63. The maximum atomic E-state index is 12.1. The Morgan fingerprint density at radius 2 is 1.90 bits per heavy atom. The van der Waals surface area contributed by atoms with E-state index in [2.05, 4.69) is 10.5 Å². The van der Waals surface area contributed by atoms with Crippen LogP contribution in [0.5, 0.6) is 5.75 Å². The van der Waals surface area contributed by atoms with Crippen molar-refractivity contribution in [3.8, 4) is 5.75 Å². The number of nitro groups is 1. The van der Waals surface area contributed by atoms with Gasteiger partial charge >= 0.3 is 0 Å². The van der Waals surface area contributed by atoms with Crippen LogP contribution in [0.1, 0.15) is 21.5 Å². The number of halogens is 1. The summed E-state index contributed by atoms with van der Waals surface area (Å²) in [5, 5.41) is 14.8. The minimum atomic E-state index is -0.649. The van der Waals surface area contributed by atoms with Crippen LogP contribution in [0.2, 0.25) is 5.02 Å². The van der Waals surface area contributed by atoms with Gasteiger partial charge in [-0.1, -0.05) is 54.1 Å². The van der Waals surface area contributed by atoms with Crippen molar-refractivity contribution >= 4 is 29.4 Å². The highest BCUT2D eigenvalue weighted by molar-refractivity contribution is 6.32. The Kier molecular flexibility index (Phi) is 6.55. The number of rotatable bonds is 7. The molecule has 29 heavy (non-hydrogen) atoms. The van der Waals surface area contributed by atoms with E-state index in [0.29, 0.717) is 12.4 Å². The van der Waals surface area contributed by atoms with Crippen molar-refractivity contribution in [1.82, 2.24) is 5.43 Å². The van der Waals surface area contributed by atoms with E-state index >= 15 is 0 Å². The number of nitro benzene ring substituents is 1. The molecule has 0 saturated heterocycles. The van der Waals surface area contributed by atoms with Crippen molar-refractivity contribution in [2.45, 2.75) is 6.61 Å². The van der Waals surface area contributed by atoms with Crippen LogP contribution in [-0.2, 0) is 6.61 Å². The SMILES string of the molecule is O=C(NN=Cc1cccc(OCc2ccccc2)c1)c1ccc(Cl)c([N+](=O)[O-])c1. The number of nitrogens with one attached hydrogen (secondary N) is 1. The Hall–Kier alpha value is -3.71. The van der Waals surface area contributed by atoms with E-state index in [1.807, 2.05) is 42.5 Å². The lowest BCUT2D eigenvalue weighted by Gasteiger charge is -2.06. The van der Waals surface area contributed by atoms with Crippen LogP contribution in [0.4, 0.5) is 5.69 Å². The van der Waals surface area contributed by atoms with Crippen LogP contribution in [0.3, 0.4) is 0 Å². The topological polar surface area (TPSA) is 93.8 Å². The summed E-state index contributed by atoms with van der Waals surface area (Å²) in [6.45, 7) is 0.438. The van der Waals surface area contributed by atoms with Crippen molar-refractivity contribution in [3.63, 3.8) is 0 Å². The van der Waals surface area contributed by atoms with Gasteiger partial charge in [-0.2, -0.15) is 5.10 Å². The van der Waals surface area contributed by atoms with E-state index in [9.17, 15) is 14.9 Å². The third-order valence-corrected chi connectivity index (χ3v) is 4.21. The van der Waals surface area contributed by atoms with E-state index in [1.54, 1.807) is 12.1 Å². The predicted molar refractivity (Wildman–Crippen MR) is 110 cm³/mol. The molecular formula is C21H16ClN3O4. The van der Waals surface area contributed by atoms with Gasteiger partial charge in [0, 0.05) is 11.6 Å². The van der Waals surface area contributed by atoms with E-state index in [0.717, 1.165) is 17.2 Å². The number of hydrogen-bond donors (Lipinski definition) is 1. The fourth-order valence-electron chi connectivity index (χ4n) is 2.45. The first-order valence-electron chi connectivity index (χ1n) is 8.57. The maximum absolute atomic E-state index is 12.1. The van der Waals surface area contributed by atoms with E-state index < -0.39 is 10.8 Å². The number of benzene rings is 3. The summed E-state index contributed by atoms with van der Waals surface area (Å²) in [5.41, 5.74) is 3.85. The van der Waals surface area contributed by atoms with Crippen LogP contribution in [0.15, 0.2) is 77.9 Å². The van der Waals surface area contributed by atoms with Crippen molar-refractivity contribution in [2.24, 2.45) is 5.10 Å². The molecule has 3 aromatic rings. The van der Waals surface area contributed by atoms with Crippen LogP contribution in [0, 0.1) is 10.1 Å². The Bertz CT molecular complexity index is 1050. The van der Waals surface area contributed by atoms with Crippen LogP contribution < -0.4 is 10.2 Å². The number of carbonyl (C=O) groups is 1. The van der Waals surface area contributed by atoms with Gasteiger partial charge in [0.25, 0.3) is 11.6 Å². The molecule has 0 aromatic heterocycles. The smallest absolute Gasteiger partial charge is 0.288 e. The molecule has 1 amide bonds. The molecule has 146 valence electrons. The normalized spacial score (nSPS) is 10.7. The quantitative estimate of drug-likeness (QED) is 0.351. The molecule has 0 fully saturated rings. The first-order valence-corrected chi connectivity index (χ1v) is 8.95. The van der Waals surface area contributed by atoms with Gasteiger partial charge in [0.2, 0.25) is 0 Å². The van der Waals surface area contributed by atoms with E-state index in [1.165, 1.54) is 18.3 Å². The lowest BCUT2D eigenvalue weighted by Crippen LogP contribution is -2.17. The first kappa shape index (κ1) is 20.0. The molecule has 0 unspecified atom stereocenters. The highest BCUT2D eigenvalue weighted by Gasteiger charge is 2.15. The Balaban J connectivity index is 1.61. The van der Waals surface area contributed by atoms with Crippen molar-refractivity contribution in [1.29, 1.82) is 0 Å². The number of ether oxygens (including phenoxy) is 1. The van der Waals surface area contributed by atoms with Crippen LogP contribution in [0.25, 0.3) is 0 Å². The van der Waals surface area contributed by atoms with Gasteiger partial charge in [-0.25, -0.2) is 5.43 Å². The van der Waals surface area contributed by atoms with Crippen LogP contribution in [-0.4, -0.2) is 17.0 Å². The van der Waals surface area contributed by atoms with Gasteiger partial charge in [-0.3, -0.25) is 14.9 Å². The summed E-state index contributed by atoms with van der Waals surface area (Å²) >= 11 is 5.75. The van der Waals surface area contributed by atoms with Gasteiger partial charge in [0.05, 0.1) is 11.1 Å². The van der Waals surface area contributed by atoms with Crippen molar-refractivity contribution < 1.29 is 14.5 Å². The summed E-state index contributed by atoms with van der Waals surface area (Å²) in [5.74, 6) is 0.0787. The molecule has 8 heteroatoms. The molecule has 7 nitrogen and oxygen atoms in total. The summed E-state index contributed by atoms with van der Waals surface area (Å²) in [7, 11) is 0. The zero-order valence-corrected chi connectivity index (χ0v) is 15.9. The molecule has 3 rings (SSSR count). The number of carbonyl (C=O) groups excluding carboxylic acids is 1. The van der Waals surface area contributed by atoms with Gasteiger partial charge in [0.15, 0.2) is 0 Å². The fourth-order valence-corrected chi connectivity index (χ4v) is 2.64. The largest absolute Gasteiger partial charge is 0.489 e. The first-order chi connectivity index (χ1) is 14.0. The average molecular weight is 410 g/mol. The van der Waals surface area contributed by atoms with Gasteiger partial charge in [0.1, 0.15) is 17.4 Å². The Morgan fingerprint density at radius 1 is 1.10 bits per heavy atom. The molecular weight excluding hydrogens is 394 g/mol. The van der Waals surface area contributed by atoms with Crippen molar-refractivity contribution in [3.05, 3.63) is 105 Å². The zero-order chi connectivity index (χ0) is 20.6. The molecule has 0 aliphatic heterocycles. The molecule has 1 N–H and O–H groups in total. The lowest BCUT2D eigenvalue weighted by atomic mass is 10.2. The predicted octanol–water partition coefficient (Wildman–Crippen LogP) is 4.59. The molecule has 0 spiro atoms. The Labute approximate surface area is 171 Å². The van der Waals surface area contributed by atoms with E-state index in [4.69, 9.17) is 16.3 Å². The standard InChI is InChI=1S/C21H16ClN3O4/c22-19-10-9-17(12-20(19)25(27)28)21(26)24-23-13-16-7-4-8-18(11-16)29-14-15-5-2-1-3-6-15/h1-13H,14H2,(H,24,26). The number of hydrogen-bond acceptors (Lipinski definition) is 5. The summed E-state index contributed by atoms with van der Waals surface area (Å²) < 4.78 is 5.75. The molecule has 0 aliphatic rings. The minimum absolute atomic E-state index is 0.0395. The third-order valence-electron chi connectivity index (χ3n) is 3.89. The second-order valence-corrected chi connectivity index (χ2v) is 6.38. The highest BCUT2D eigenvalue weighted by Crippen LogP contribution is 2.25. The number of nitrogens with zero attached hydrogens (tertiary/aromatic N) is 2. The zero-order valence-electron chi connectivity index (χ0n) is 15.1. The molecule has 0 bridgehead atoms. The molecule has 0 saturated carbocycles. The Morgan fingerprint density at radius 3 is 2.66 bits per heavy atom. The molecule has 3 aromatic carbocycles. The molecule has 0 radical (unpaired) electrons. The highest BCUT2D eigenvalue weighted by atomic mass is 35.5.